The summed E-state index contributed by atoms with van der Waals surface area (Å²) in [5, 5.41) is 9.34. The van der Waals surface area contributed by atoms with Gasteiger partial charge in [0, 0.05) is 17.0 Å². The van der Waals surface area contributed by atoms with Crippen LogP contribution in [-0.2, 0) is 6.54 Å². The highest BCUT2D eigenvalue weighted by Gasteiger charge is 2.16. The van der Waals surface area contributed by atoms with Crippen LogP contribution in [0.25, 0.3) is 21.3 Å². The summed E-state index contributed by atoms with van der Waals surface area (Å²) in [6.45, 7) is 2.38. The Balaban J connectivity index is 2.28. The van der Waals surface area contributed by atoms with Gasteiger partial charge in [-0.05, 0) is 12.5 Å². The monoisotopic (exact) mass is 295 g/mol. The summed E-state index contributed by atoms with van der Waals surface area (Å²) in [5.74, 6) is 0. The second-order valence-corrected chi connectivity index (χ2v) is 5.93. The van der Waals surface area contributed by atoms with E-state index in [1.54, 1.807) is 0 Å². The fraction of sp³-hybridized carbons (Fsp3) is 0.188. The number of rotatable bonds is 3. The molecule has 0 N–H and O–H groups in total. The van der Waals surface area contributed by atoms with Crippen molar-refractivity contribution in [2.75, 3.05) is 0 Å². The van der Waals surface area contributed by atoms with Crippen LogP contribution in [0.2, 0.25) is 0 Å². The van der Waals surface area contributed by atoms with Crippen molar-refractivity contribution in [3.63, 3.8) is 0 Å². The van der Waals surface area contributed by atoms with Gasteiger partial charge in [-0.1, -0.05) is 30.3 Å². The highest BCUT2D eigenvalue weighted by Crippen LogP contribution is 2.35. The molecule has 0 unspecified atom stereocenters. The van der Waals surface area contributed by atoms with E-state index in [1.807, 2.05) is 37.3 Å². The molecule has 0 atom stereocenters. The van der Waals surface area contributed by atoms with E-state index in [2.05, 4.69) is 11.1 Å². The number of thiophene rings is 1. The second-order valence-electron chi connectivity index (χ2n) is 4.73. The van der Waals surface area contributed by atoms with Crippen molar-refractivity contribution in [3.05, 3.63) is 51.9 Å². The Morgan fingerprint density at radius 3 is 2.81 bits per heavy atom. The highest BCUT2D eigenvalue weighted by atomic mass is 32.1. The van der Waals surface area contributed by atoms with Crippen LogP contribution in [0.1, 0.15) is 11.3 Å². The highest BCUT2D eigenvalue weighted by molar-refractivity contribution is 7.19. The molecule has 1 aromatic carbocycles. The largest absolute Gasteiger partial charge is 0.298 e. The number of aryl methyl sites for hydroxylation is 2. The van der Waals surface area contributed by atoms with E-state index >= 15 is 0 Å². The van der Waals surface area contributed by atoms with Crippen LogP contribution in [0.3, 0.4) is 0 Å². The van der Waals surface area contributed by atoms with E-state index in [4.69, 9.17) is 5.26 Å². The predicted octanol–water partition coefficient (Wildman–Crippen LogP) is 3.35. The third kappa shape index (κ3) is 2.34. The zero-order chi connectivity index (χ0) is 14.8. The summed E-state index contributed by atoms with van der Waals surface area (Å²) < 4.78 is 1.52. The van der Waals surface area contributed by atoms with Gasteiger partial charge in [-0.25, -0.2) is 4.98 Å². The lowest BCUT2D eigenvalue weighted by Gasteiger charge is -2.04. The maximum absolute atomic E-state index is 12.7. The summed E-state index contributed by atoms with van der Waals surface area (Å²) in [7, 11) is 0. The average Bonchev–Trinajstić information content (AvgIpc) is 2.84. The topological polar surface area (TPSA) is 58.7 Å². The summed E-state index contributed by atoms with van der Waals surface area (Å²) in [6, 6.07) is 11.9. The lowest BCUT2D eigenvalue weighted by atomic mass is 10.0. The molecule has 2 heterocycles. The zero-order valence-corrected chi connectivity index (χ0v) is 12.4. The normalized spacial score (nSPS) is 10.7. The van der Waals surface area contributed by atoms with Crippen molar-refractivity contribution in [2.45, 2.75) is 19.9 Å². The zero-order valence-electron chi connectivity index (χ0n) is 11.5. The standard InChI is InChI=1S/C16H13N3OS/c1-11-13(12-6-3-2-4-7-12)14-15(21-11)18-10-19(16(14)20)9-5-8-17/h2-4,6-7,10H,5,9H2,1H3. The summed E-state index contributed by atoms with van der Waals surface area (Å²) in [5.41, 5.74) is 1.91. The van der Waals surface area contributed by atoms with Crippen LogP contribution in [0.5, 0.6) is 0 Å². The van der Waals surface area contributed by atoms with Crippen LogP contribution in [0.15, 0.2) is 41.5 Å². The van der Waals surface area contributed by atoms with Gasteiger partial charge in [0.25, 0.3) is 5.56 Å². The Hall–Kier alpha value is -2.45. The number of hydrogen-bond donors (Lipinski definition) is 0. The maximum atomic E-state index is 12.7. The maximum Gasteiger partial charge on any atom is 0.262 e. The SMILES string of the molecule is Cc1sc2ncn(CCC#N)c(=O)c2c1-c1ccccc1. The Bertz CT molecular complexity index is 888. The third-order valence-corrected chi connectivity index (χ3v) is 4.39. The Kier molecular flexibility index (Phi) is 3.55. The van der Waals surface area contributed by atoms with Gasteiger partial charge in [0.05, 0.1) is 24.2 Å². The first-order valence-electron chi connectivity index (χ1n) is 6.63. The number of benzene rings is 1. The van der Waals surface area contributed by atoms with E-state index in [-0.39, 0.29) is 5.56 Å². The fourth-order valence-electron chi connectivity index (χ4n) is 2.42. The lowest BCUT2D eigenvalue weighted by Crippen LogP contribution is -2.20. The quantitative estimate of drug-likeness (QED) is 0.744. The molecule has 0 spiro atoms. The molecule has 4 nitrogen and oxygen atoms in total. The Morgan fingerprint density at radius 1 is 1.33 bits per heavy atom. The van der Waals surface area contributed by atoms with Crippen LogP contribution in [0, 0.1) is 18.3 Å². The molecule has 0 saturated heterocycles. The van der Waals surface area contributed by atoms with Crippen LogP contribution in [0.4, 0.5) is 0 Å². The van der Waals surface area contributed by atoms with Crippen LogP contribution < -0.4 is 5.56 Å². The van der Waals surface area contributed by atoms with Crippen molar-refractivity contribution >= 4 is 21.6 Å². The van der Waals surface area contributed by atoms with Crippen molar-refractivity contribution < 1.29 is 0 Å². The molecule has 0 aliphatic rings. The molecule has 3 rings (SSSR count). The molecule has 0 aliphatic heterocycles. The summed E-state index contributed by atoms with van der Waals surface area (Å²) in [4.78, 5) is 18.9. The molecule has 5 heteroatoms. The molecule has 0 amide bonds. The molecule has 0 saturated carbocycles. The first-order valence-corrected chi connectivity index (χ1v) is 7.45. The van der Waals surface area contributed by atoms with E-state index in [0.29, 0.717) is 18.4 Å². The molecule has 0 radical (unpaired) electrons. The van der Waals surface area contributed by atoms with Crippen molar-refractivity contribution in [3.8, 4) is 17.2 Å². The first-order chi connectivity index (χ1) is 10.2. The molecule has 2 aromatic heterocycles. The van der Waals surface area contributed by atoms with Crippen molar-refractivity contribution in [2.24, 2.45) is 0 Å². The van der Waals surface area contributed by atoms with Crippen molar-refractivity contribution in [1.82, 2.24) is 9.55 Å². The number of nitrogens with zero attached hydrogens (tertiary/aromatic N) is 3. The summed E-state index contributed by atoms with van der Waals surface area (Å²) in [6.07, 6.45) is 1.84. The molecule has 0 bridgehead atoms. The predicted molar refractivity (Wildman–Crippen MR) is 84.3 cm³/mol. The van der Waals surface area contributed by atoms with E-state index in [9.17, 15) is 4.79 Å². The molecule has 0 aliphatic carbocycles. The van der Waals surface area contributed by atoms with Gasteiger partial charge < -0.3 is 0 Å². The Labute approximate surface area is 125 Å². The molecule has 0 fully saturated rings. The van der Waals surface area contributed by atoms with Crippen LogP contribution in [-0.4, -0.2) is 9.55 Å². The van der Waals surface area contributed by atoms with Gasteiger partial charge in [0.15, 0.2) is 0 Å². The van der Waals surface area contributed by atoms with Gasteiger partial charge in [-0.2, -0.15) is 5.26 Å². The van der Waals surface area contributed by atoms with Gasteiger partial charge in [-0.15, -0.1) is 11.3 Å². The molecule has 21 heavy (non-hydrogen) atoms. The van der Waals surface area contributed by atoms with E-state index in [1.165, 1.54) is 22.2 Å². The first kappa shape index (κ1) is 13.5. The van der Waals surface area contributed by atoms with E-state index in [0.717, 1.165) is 20.8 Å². The summed E-state index contributed by atoms with van der Waals surface area (Å²) >= 11 is 1.53. The minimum Gasteiger partial charge on any atom is -0.298 e. The number of hydrogen-bond acceptors (Lipinski definition) is 4. The minimum absolute atomic E-state index is 0.0709. The van der Waals surface area contributed by atoms with E-state index < -0.39 is 0 Å². The smallest absolute Gasteiger partial charge is 0.262 e. The van der Waals surface area contributed by atoms with Gasteiger partial charge >= 0.3 is 0 Å². The van der Waals surface area contributed by atoms with Gasteiger partial charge in [0.1, 0.15) is 4.83 Å². The molecule has 3 aromatic rings. The number of nitriles is 1. The third-order valence-electron chi connectivity index (χ3n) is 3.38. The lowest BCUT2D eigenvalue weighted by molar-refractivity contribution is 0.679. The minimum atomic E-state index is -0.0709. The number of fused-ring (bicyclic) bond motifs is 1. The van der Waals surface area contributed by atoms with Gasteiger partial charge in [-0.3, -0.25) is 9.36 Å². The fourth-order valence-corrected chi connectivity index (χ4v) is 3.42. The average molecular weight is 295 g/mol. The molecular formula is C16H13N3OS. The van der Waals surface area contributed by atoms with Gasteiger partial charge in [0.2, 0.25) is 0 Å². The Morgan fingerprint density at radius 2 is 2.10 bits per heavy atom. The second kappa shape index (κ2) is 5.51. The van der Waals surface area contributed by atoms with Crippen molar-refractivity contribution in [1.29, 1.82) is 5.26 Å². The van der Waals surface area contributed by atoms with Crippen LogP contribution >= 0.6 is 11.3 Å². The molecule has 104 valence electrons. The number of aromatic nitrogens is 2. The molecular weight excluding hydrogens is 282 g/mol.